The van der Waals surface area contributed by atoms with Crippen LogP contribution in [-0.4, -0.2) is 62.9 Å². The van der Waals surface area contributed by atoms with E-state index in [9.17, 15) is 13.2 Å². The molecule has 0 aromatic heterocycles. The van der Waals surface area contributed by atoms with E-state index >= 15 is 0 Å². The highest BCUT2D eigenvalue weighted by Crippen LogP contribution is 2.33. The summed E-state index contributed by atoms with van der Waals surface area (Å²) in [6.07, 6.45) is 1.10. The number of amides is 1. The number of nitrogens with zero attached hydrogens (tertiary/aromatic N) is 2. The molecule has 0 atom stereocenters. The van der Waals surface area contributed by atoms with E-state index in [0.29, 0.717) is 50.6 Å². The molecule has 178 valence electrons. The van der Waals surface area contributed by atoms with E-state index < -0.39 is 10.0 Å². The quantitative estimate of drug-likeness (QED) is 0.668. The second-order valence-electron chi connectivity index (χ2n) is 9.54. The molecule has 2 aromatic rings. The van der Waals surface area contributed by atoms with E-state index in [2.05, 4.69) is 45.0 Å². The zero-order chi connectivity index (χ0) is 23.6. The van der Waals surface area contributed by atoms with Crippen LogP contribution >= 0.6 is 0 Å². The number of benzene rings is 2. The minimum atomic E-state index is -3.66. The van der Waals surface area contributed by atoms with Gasteiger partial charge in [0.15, 0.2) is 11.5 Å². The largest absolute Gasteiger partial charge is 0.486 e. The first-order valence-electron chi connectivity index (χ1n) is 11.4. The summed E-state index contributed by atoms with van der Waals surface area (Å²) in [6.45, 7) is 8.75. The minimum absolute atomic E-state index is 0.0614. The van der Waals surface area contributed by atoms with Crippen molar-refractivity contribution < 1.29 is 22.7 Å². The summed E-state index contributed by atoms with van der Waals surface area (Å²) in [7, 11) is -3.66. The number of aryl methyl sites for hydroxylation is 1. The van der Waals surface area contributed by atoms with Crippen LogP contribution in [0.1, 0.15) is 38.3 Å². The summed E-state index contributed by atoms with van der Waals surface area (Å²) in [6, 6.07) is 13.1. The van der Waals surface area contributed by atoms with E-state index in [4.69, 9.17) is 9.47 Å². The van der Waals surface area contributed by atoms with Crippen LogP contribution in [0.5, 0.6) is 11.5 Å². The van der Waals surface area contributed by atoms with Gasteiger partial charge in [-0.1, -0.05) is 45.0 Å². The summed E-state index contributed by atoms with van der Waals surface area (Å²) in [5, 5.41) is 0. The Bertz CT molecular complexity index is 1100. The van der Waals surface area contributed by atoms with Crippen LogP contribution in [0.3, 0.4) is 0 Å². The van der Waals surface area contributed by atoms with Crippen molar-refractivity contribution in [3.63, 3.8) is 0 Å². The van der Waals surface area contributed by atoms with Gasteiger partial charge in [-0.3, -0.25) is 4.79 Å². The van der Waals surface area contributed by atoms with E-state index in [0.717, 1.165) is 5.56 Å². The summed E-state index contributed by atoms with van der Waals surface area (Å²) in [5.74, 6) is 1.07. The molecular formula is C25H32N2O5S. The Morgan fingerprint density at radius 2 is 1.55 bits per heavy atom. The molecule has 1 fully saturated rings. The van der Waals surface area contributed by atoms with Crippen molar-refractivity contribution in [3.05, 3.63) is 53.6 Å². The Balaban J connectivity index is 1.31. The molecule has 0 aliphatic carbocycles. The molecule has 1 saturated heterocycles. The van der Waals surface area contributed by atoms with Gasteiger partial charge in [0.1, 0.15) is 13.2 Å². The number of rotatable bonds is 5. The van der Waals surface area contributed by atoms with Crippen LogP contribution in [0, 0.1) is 0 Å². The monoisotopic (exact) mass is 472 g/mol. The summed E-state index contributed by atoms with van der Waals surface area (Å²) >= 11 is 0. The van der Waals surface area contributed by atoms with E-state index in [1.54, 1.807) is 17.0 Å². The van der Waals surface area contributed by atoms with Crippen LogP contribution in [0.15, 0.2) is 47.4 Å². The lowest BCUT2D eigenvalue weighted by atomic mass is 9.86. The zero-order valence-corrected chi connectivity index (χ0v) is 20.4. The SMILES string of the molecule is CC(C)(C)c1ccc(CCC(=O)N2CCN(S(=O)(=O)c3ccc4c(c3)OCCO4)CC2)cc1. The van der Waals surface area contributed by atoms with Crippen molar-refractivity contribution >= 4 is 15.9 Å². The summed E-state index contributed by atoms with van der Waals surface area (Å²) in [4.78, 5) is 14.7. The molecule has 2 aromatic carbocycles. The van der Waals surface area contributed by atoms with Crippen molar-refractivity contribution in [1.82, 2.24) is 9.21 Å². The maximum Gasteiger partial charge on any atom is 0.243 e. The lowest BCUT2D eigenvalue weighted by Crippen LogP contribution is -2.50. The van der Waals surface area contributed by atoms with Crippen molar-refractivity contribution in [2.24, 2.45) is 0 Å². The fraction of sp³-hybridized carbons (Fsp3) is 0.480. The Kier molecular flexibility index (Phi) is 6.68. The molecule has 1 amide bonds. The van der Waals surface area contributed by atoms with Gasteiger partial charge in [-0.2, -0.15) is 4.31 Å². The molecule has 0 bridgehead atoms. The molecule has 0 N–H and O–H groups in total. The minimum Gasteiger partial charge on any atom is -0.486 e. The lowest BCUT2D eigenvalue weighted by Gasteiger charge is -2.34. The third-order valence-corrected chi connectivity index (χ3v) is 8.08. The van der Waals surface area contributed by atoms with Gasteiger partial charge in [-0.05, 0) is 35.1 Å². The van der Waals surface area contributed by atoms with Crippen LogP contribution in [0.2, 0.25) is 0 Å². The highest BCUT2D eigenvalue weighted by atomic mass is 32.2. The maximum absolute atomic E-state index is 13.1. The molecule has 8 heteroatoms. The normalized spacial score (nSPS) is 17.1. The number of hydrogen-bond donors (Lipinski definition) is 0. The average molecular weight is 473 g/mol. The Labute approximate surface area is 196 Å². The smallest absolute Gasteiger partial charge is 0.243 e. The number of hydrogen-bond acceptors (Lipinski definition) is 5. The number of piperazine rings is 1. The predicted octanol–water partition coefficient (Wildman–Crippen LogP) is 3.22. The van der Waals surface area contributed by atoms with Gasteiger partial charge >= 0.3 is 0 Å². The molecule has 2 aliphatic rings. The van der Waals surface area contributed by atoms with Crippen molar-refractivity contribution in [2.75, 3.05) is 39.4 Å². The number of fused-ring (bicyclic) bond motifs is 1. The molecule has 7 nitrogen and oxygen atoms in total. The molecule has 2 heterocycles. The van der Waals surface area contributed by atoms with Gasteiger partial charge in [0.2, 0.25) is 15.9 Å². The molecule has 4 rings (SSSR count). The highest BCUT2D eigenvalue weighted by molar-refractivity contribution is 7.89. The van der Waals surface area contributed by atoms with Crippen LogP contribution < -0.4 is 9.47 Å². The highest BCUT2D eigenvalue weighted by Gasteiger charge is 2.31. The first-order chi connectivity index (χ1) is 15.6. The fourth-order valence-corrected chi connectivity index (χ4v) is 5.53. The Hall–Kier alpha value is -2.58. The topological polar surface area (TPSA) is 76.2 Å². The van der Waals surface area contributed by atoms with Gasteiger partial charge in [-0.25, -0.2) is 8.42 Å². The first kappa shape index (κ1) is 23.6. The van der Waals surface area contributed by atoms with Crippen LogP contribution in [0.4, 0.5) is 0 Å². The van der Waals surface area contributed by atoms with Gasteiger partial charge in [0, 0.05) is 38.7 Å². The second-order valence-corrected chi connectivity index (χ2v) is 11.5. The van der Waals surface area contributed by atoms with E-state index in [1.165, 1.54) is 15.9 Å². The average Bonchev–Trinajstić information content (AvgIpc) is 2.82. The van der Waals surface area contributed by atoms with Gasteiger partial charge < -0.3 is 14.4 Å². The summed E-state index contributed by atoms with van der Waals surface area (Å²) in [5.41, 5.74) is 2.51. The second kappa shape index (κ2) is 9.35. The van der Waals surface area contributed by atoms with Gasteiger partial charge in [-0.15, -0.1) is 0 Å². The number of carbonyl (C=O) groups is 1. The van der Waals surface area contributed by atoms with Crippen LogP contribution in [0.25, 0.3) is 0 Å². The molecule has 0 spiro atoms. The molecular weight excluding hydrogens is 440 g/mol. The fourth-order valence-electron chi connectivity index (χ4n) is 4.09. The van der Waals surface area contributed by atoms with Gasteiger partial charge in [0.05, 0.1) is 4.90 Å². The van der Waals surface area contributed by atoms with Crippen molar-refractivity contribution in [3.8, 4) is 11.5 Å². The number of sulfonamides is 1. The van der Waals surface area contributed by atoms with E-state index in [-0.39, 0.29) is 29.3 Å². The number of ether oxygens (including phenoxy) is 2. The Morgan fingerprint density at radius 3 is 2.18 bits per heavy atom. The lowest BCUT2D eigenvalue weighted by molar-refractivity contribution is -0.132. The summed E-state index contributed by atoms with van der Waals surface area (Å²) < 4.78 is 38.6. The molecule has 0 radical (unpaired) electrons. The first-order valence-corrected chi connectivity index (χ1v) is 12.9. The zero-order valence-electron chi connectivity index (χ0n) is 19.5. The molecule has 0 saturated carbocycles. The van der Waals surface area contributed by atoms with Crippen molar-refractivity contribution in [1.29, 1.82) is 0 Å². The molecule has 33 heavy (non-hydrogen) atoms. The molecule has 2 aliphatic heterocycles. The standard InChI is InChI=1S/C25H32N2O5S/c1-25(2,3)20-7-4-19(5-8-20)6-11-24(28)26-12-14-27(15-13-26)33(29,30)21-9-10-22-23(18-21)32-17-16-31-22/h4-5,7-10,18H,6,11-17H2,1-3H3. The third-order valence-electron chi connectivity index (χ3n) is 6.19. The van der Waals surface area contributed by atoms with Gasteiger partial charge in [0.25, 0.3) is 0 Å². The predicted molar refractivity (Wildman–Crippen MR) is 126 cm³/mol. The van der Waals surface area contributed by atoms with Crippen LogP contribution in [-0.2, 0) is 26.7 Å². The Morgan fingerprint density at radius 1 is 0.909 bits per heavy atom. The number of carbonyl (C=O) groups excluding carboxylic acids is 1. The maximum atomic E-state index is 13.1. The molecule has 0 unspecified atom stereocenters. The van der Waals surface area contributed by atoms with Crippen molar-refractivity contribution in [2.45, 2.75) is 43.9 Å². The third kappa shape index (κ3) is 5.33. The van der Waals surface area contributed by atoms with E-state index in [1.807, 2.05) is 0 Å².